The van der Waals surface area contributed by atoms with Crippen molar-refractivity contribution in [3.8, 4) is 0 Å². The minimum Gasteiger partial charge on any atom is -0.465 e. The van der Waals surface area contributed by atoms with Crippen molar-refractivity contribution >= 4 is 17.5 Å². The van der Waals surface area contributed by atoms with Crippen molar-refractivity contribution in [2.75, 3.05) is 24.3 Å². The lowest BCUT2D eigenvalue weighted by Gasteiger charge is -2.31. The Hall–Kier alpha value is -1.78. The molecule has 21 heavy (non-hydrogen) atoms. The monoisotopic (exact) mass is 289 g/mol. The molecule has 1 aliphatic carbocycles. The number of anilines is 2. The van der Waals surface area contributed by atoms with Gasteiger partial charge in [0.25, 0.3) is 0 Å². The molecule has 1 unspecified atom stereocenters. The lowest BCUT2D eigenvalue weighted by atomic mass is 9.96. The van der Waals surface area contributed by atoms with Crippen molar-refractivity contribution in [2.24, 2.45) is 5.92 Å². The maximum absolute atomic E-state index is 11.8. The predicted molar refractivity (Wildman–Crippen MR) is 82.3 cm³/mol. The summed E-state index contributed by atoms with van der Waals surface area (Å²) in [5, 5.41) is 0. The highest BCUT2D eigenvalue weighted by molar-refractivity contribution is 5.97. The van der Waals surface area contributed by atoms with Crippen LogP contribution in [0.3, 0.4) is 0 Å². The van der Waals surface area contributed by atoms with Crippen molar-refractivity contribution < 1.29 is 9.53 Å². The molecular weight excluding hydrogens is 266 g/mol. The van der Waals surface area contributed by atoms with Gasteiger partial charge in [0.2, 0.25) is 0 Å². The van der Waals surface area contributed by atoms with Crippen LogP contribution in [0.25, 0.3) is 0 Å². The highest BCUT2D eigenvalue weighted by atomic mass is 16.5. The number of pyridine rings is 1. The number of carbonyl (C=O) groups excluding carboxylic acids is 1. The van der Waals surface area contributed by atoms with Gasteiger partial charge in [-0.3, -0.25) is 0 Å². The molecule has 0 bridgehead atoms. The molecule has 1 saturated carbocycles. The molecule has 1 saturated heterocycles. The first-order chi connectivity index (χ1) is 10.2. The summed E-state index contributed by atoms with van der Waals surface area (Å²) in [6, 6.07) is 2.15. The zero-order chi connectivity index (χ0) is 14.8. The van der Waals surface area contributed by atoms with Crippen molar-refractivity contribution in [1.29, 1.82) is 0 Å². The molecule has 5 nitrogen and oxygen atoms in total. The standard InChI is InChI=1S/C16H23N3O2/c1-21-16(20)12-8-9-18-15(14(12)17)19-10-4-7-13(19)11-5-2-3-6-11/h8-9,11,13H,2-7,10,17H2,1H3. The van der Waals surface area contributed by atoms with Gasteiger partial charge in [0.1, 0.15) is 0 Å². The first-order valence-corrected chi connectivity index (χ1v) is 7.82. The van der Waals surface area contributed by atoms with Gasteiger partial charge in [-0.25, -0.2) is 9.78 Å². The van der Waals surface area contributed by atoms with Gasteiger partial charge in [-0.1, -0.05) is 12.8 Å². The second-order valence-corrected chi connectivity index (χ2v) is 6.03. The molecule has 1 aromatic rings. The molecule has 0 aromatic carbocycles. The summed E-state index contributed by atoms with van der Waals surface area (Å²) < 4.78 is 4.80. The van der Waals surface area contributed by atoms with Crippen LogP contribution in [0, 0.1) is 5.92 Å². The van der Waals surface area contributed by atoms with E-state index in [0.717, 1.165) is 18.3 Å². The van der Waals surface area contributed by atoms with E-state index in [4.69, 9.17) is 10.5 Å². The largest absolute Gasteiger partial charge is 0.465 e. The summed E-state index contributed by atoms with van der Waals surface area (Å²) in [7, 11) is 1.37. The number of hydrogen-bond donors (Lipinski definition) is 1. The SMILES string of the molecule is COC(=O)c1ccnc(N2CCCC2C2CCCC2)c1N. The number of hydrogen-bond acceptors (Lipinski definition) is 5. The molecule has 2 fully saturated rings. The van der Waals surface area contributed by atoms with Gasteiger partial charge in [0, 0.05) is 18.8 Å². The molecule has 2 aliphatic rings. The smallest absolute Gasteiger partial charge is 0.340 e. The average molecular weight is 289 g/mol. The first kappa shape index (κ1) is 14.2. The third-order valence-corrected chi connectivity index (χ3v) is 4.89. The molecule has 3 rings (SSSR count). The van der Waals surface area contributed by atoms with Crippen LogP contribution in [-0.4, -0.2) is 30.6 Å². The summed E-state index contributed by atoms with van der Waals surface area (Å²) in [6.45, 7) is 0.975. The van der Waals surface area contributed by atoms with Crippen LogP contribution in [-0.2, 0) is 4.74 Å². The summed E-state index contributed by atoms with van der Waals surface area (Å²) >= 11 is 0. The van der Waals surface area contributed by atoms with Crippen molar-refractivity contribution in [3.63, 3.8) is 0 Å². The van der Waals surface area contributed by atoms with Crippen LogP contribution in [0.4, 0.5) is 11.5 Å². The molecule has 1 atom stereocenters. The molecule has 2 N–H and O–H groups in total. The Labute approximate surface area is 125 Å². The summed E-state index contributed by atoms with van der Waals surface area (Å²) in [6.07, 6.45) is 9.30. The number of nitrogens with zero attached hydrogens (tertiary/aromatic N) is 2. The minimum absolute atomic E-state index is 0.396. The molecular formula is C16H23N3O2. The van der Waals surface area contributed by atoms with Crippen LogP contribution in [0.15, 0.2) is 12.3 Å². The highest BCUT2D eigenvalue weighted by Crippen LogP contribution is 2.39. The average Bonchev–Trinajstić information content (AvgIpc) is 3.17. The zero-order valence-corrected chi connectivity index (χ0v) is 12.5. The van der Waals surface area contributed by atoms with Gasteiger partial charge in [-0.2, -0.15) is 0 Å². The lowest BCUT2D eigenvalue weighted by molar-refractivity contribution is 0.0602. The summed E-state index contributed by atoms with van der Waals surface area (Å²) in [5.74, 6) is 1.11. The Morgan fingerprint density at radius 1 is 1.33 bits per heavy atom. The molecule has 1 aromatic heterocycles. The van der Waals surface area contributed by atoms with Crippen LogP contribution in [0.1, 0.15) is 48.9 Å². The molecule has 0 radical (unpaired) electrons. The zero-order valence-electron chi connectivity index (χ0n) is 12.5. The Morgan fingerprint density at radius 2 is 2.10 bits per heavy atom. The van der Waals surface area contributed by atoms with Gasteiger partial charge < -0.3 is 15.4 Å². The molecule has 2 heterocycles. The van der Waals surface area contributed by atoms with E-state index in [1.54, 1.807) is 12.3 Å². The predicted octanol–water partition coefficient (Wildman–Crippen LogP) is 2.61. The fraction of sp³-hybridized carbons (Fsp3) is 0.625. The second-order valence-electron chi connectivity index (χ2n) is 6.03. The Bertz CT molecular complexity index is 526. The number of rotatable bonds is 3. The molecule has 1 aliphatic heterocycles. The van der Waals surface area contributed by atoms with Gasteiger partial charge in [-0.15, -0.1) is 0 Å². The molecule has 5 heteroatoms. The van der Waals surface area contributed by atoms with Crippen LogP contribution >= 0.6 is 0 Å². The van der Waals surface area contributed by atoms with Crippen LogP contribution in [0.2, 0.25) is 0 Å². The number of ether oxygens (including phenoxy) is 1. The normalized spacial score (nSPS) is 22.7. The maximum atomic E-state index is 11.8. The van der Waals surface area contributed by atoms with E-state index >= 15 is 0 Å². The molecule has 114 valence electrons. The number of carbonyl (C=O) groups is 1. The van der Waals surface area contributed by atoms with E-state index < -0.39 is 5.97 Å². The number of aromatic nitrogens is 1. The van der Waals surface area contributed by atoms with Crippen molar-refractivity contribution in [1.82, 2.24) is 4.98 Å². The quantitative estimate of drug-likeness (QED) is 0.866. The van der Waals surface area contributed by atoms with Gasteiger partial charge in [0.15, 0.2) is 5.82 Å². The Kier molecular flexibility index (Phi) is 3.99. The van der Waals surface area contributed by atoms with Gasteiger partial charge in [0.05, 0.1) is 18.4 Å². The highest BCUT2D eigenvalue weighted by Gasteiger charge is 2.35. The number of methoxy groups -OCH3 is 1. The Morgan fingerprint density at radius 3 is 2.81 bits per heavy atom. The van der Waals surface area contributed by atoms with E-state index in [2.05, 4.69) is 9.88 Å². The summed E-state index contributed by atoms with van der Waals surface area (Å²) in [5.41, 5.74) is 7.06. The van der Waals surface area contributed by atoms with E-state index in [1.165, 1.54) is 45.6 Å². The topological polar surface area (TPSA) is 68.5 Å². The fourth-order valence-electron chi connectivity index (χ4n) is 3.87. The van der Waals surface area contributed by atoms with Crippen molar-refractivity contribution in [3.05, 3.63) is 17.8 Å². The second kappa shape index (κ2) is 5.92. The number of nitrogens with two attached hydrogens (primary N) is 1. The first-order valence-electron chi connectivity index (χ1n) is 7.82. The molecule has 0 spiro atoms. The van der Waals surface area contributed by atoms with E-state index in [1.807, 2.05) is 0 Å². The number of nitrogen functional groups attached to an aromatic ring is 1. The third-order valence-electron chi connectivity index (χ3n) is 4.89. The van der Waals surface area contributed by atoms with Gasteiger partial charge in [-0.05, 0) is 37.7 Å². The number of esters is 1. The van der Waals surface area contributed by atoms with Crippen LogP contribution < -0.4 is 10.6 Å². The Balaban J connectivity index is 1.90. The lowest BCUT2D eigenvalue weighted by Crippen LogP contribution is -2.36. The van der Waals surface area contributed by atoms with E-state index in [-0.39, 0.29) is 0 Å². The summed E-state index contributed by atoms with van der Waals surface area (Å²) in [4.78, 5) is 18.6. The van der Waals surface area contributed by atoms with E-state index in [9.17, 15) is 4.79 Å². The van der Waals surface area contributed by atoms with E-state index in [0.29, 0.717) is 17.3 Å². The third kappa shape index (κ3) is 2.57. The maximum Gasteiger partial charge on any atom is 0.340 e. The van der Waals surface area contributed by atoms with Crippen molar-refractivity contribution in [2.45, 2.75) is 44.6 Å². The van der Waals surface area contributed by atoms with Crippen LogP contribution in [0.5, 0.6) is 0 Å². The molecule has 0 amide bonds. The minimum atomic E-state index is -0.396. The fourth-order valence-corrected chi connectivity index (χ4v) is 3.87. The van der Waals surface area contributed by atoms with Gasteiger partial charge >= 0.3 is 5.97 Å².